The van der Waals surface area contributed by atoms with Crippen LogP contribution >= 0.6 is 0 Å². The van der Waals surface area contributed by atoms with Gasteiger partial charge in [-0.25, -0.2) is 9.78 Å². The molecule has 7 heteroatoms. The molecule has 138 valence electrons. The third kappa shape index (κ3) is 4.71. The molecule has 2 heterocycles. The van der Waals surface area contributed by atoms with Crippen molar-refractivity contribution in [3.63, 3.8) is 0 Å². The van der Waals surface area contributed by atoms with Crippen molar-refractivity contribution in [2.75, 3.05) is 38.7 Å². The van der Waals surface area contributed by atoms with Crippen molar-refractivity contribution in [3.05, 3.63) is 53.7 Å². The van der Waals surface area contributed by atoms with Crippen molar-refractivity contribution in [1.29, 1.82) is 0 Å². The summed E-state index contributed by atoms with van der Waals surface area (Å²) in [5.41, 5.74) is 1.86. The number of morpholine rings is 1. The summed E-state index contributed by atoms with van der Waals surface area (Å²) in [7, 11) is 1.84. The van der Waals surface area contributed by atoms with Crippen LogP contribution in [-0.2, 0) is 16.1 Å². The van der Waals surface area contributed by atoms with Gasteiger partial charge in [-0.15, -0.1) is 0 Å². The Kier molecular flexibility index (Phi) is 6.04. The van der Waals surface area contributed by atoms with Crippen LogP contribution in [0.5, 0.6) is 5.75 Å². The average molecular weight is 357 g/mol. The number of para-hydroxylation sites is 1. The zero-order valence-electron chi connectivity index (χ0n) is 14.7. The van der Waals surface area contributed by atoms with Gasteiger partial charge in [-0.05, 0) is 18.2 Å². The van der Waals surface area contributed by atoms with Crippen LogP contribution < -0.4 is 10.1 Å². The standard InChI is InChI=1S/C19H23N3O4/c1-20-18-8-4-6-15(21-18)17-12-22(9-10-25-17)11-14-5-2-3-7-16(14)26-13-19(23)24/h2-8,17H,9-13H2,1H3,(H,20,21)(H,23,24)/t17-/m1/s1. The van der Waals surface area contributed by atoms with Crippen LogP contribution in [0.3, 0.4) is 0 Å². The second kappa shape index (κ2) is 8.64. The van der Waals surface area contributed by atoms with Gasteiger partial charge in [0, 0.05) is 32.2 Å². The molecule has 0 saturated carbocycles. The highest BCUT2D eigenvalue weighted by atomic mass is 16.5. The molecule has 2 aromatic rings. The first-order chi connectivity index (χ1) is 12.7. The monoisotopic (exact) mass is 357 g/mol. The highest BCUT2D eigenvalue weighted by molar-refractivity contribution is 5.68. The van der Waals surface area contributed by atoms with E-state index in [0.29, 0.717) is 25.4 Å². The number of rotatable bonds is 7. The predicted molar refractivity (Wildman–Crippen MR) is 97.3 cm³/mol. The largest absolute Gasteiger partial charge is 0.482 e. The van der Waals surface area contributed by atoms with E-state index in [4.69, 9.17) is 14.6 Å². The van der Waals surface area contributed by atoms with Crippen LogP contribution in [-0.4, -0.2) is 54.3 Å². The van der Waals surface area contributed by atoms with Gasteiger partial charge in [-0.1, -0.05) is 24.3 Å². The molecule has 7 nitrogen and oxygen atoms in total. The lowest BCUT2D eigenvalue weighted by Gasteiger charge is -2.33. The van der Waals surface area contributed by atoms with Gasteiger partial charge < -0.3 is 19.9 Å². The first-order valence-electron chi connectivity index (χ1n) is 8.57. The van der Waals surface area contributed by atoms with Crippen molar-refractivity contribution < 1.29 is 19.4 Å². The molecule has 1 aliphatic heterocycles. The van der Waals surface area contributed by atoms with E-state index in [1.807, 2.05) is 43.4 Å². The predicted octanol–water partition coefficient (Wildman–Crippen LogP) is 2.16. The Bertz CT molecular complexity index is 753. The average Bonchev–Trinajstić information content (AvgIpc) is 2.67. The summed E-state index contributed by atoms with van der Waals surface area (Å²) >= 11 is 0. The number of carboxylic acid groups (broad SMARTS) is 1. The molecule has 0 aliphatic carbocycles. The molecule has 3 rings (SSSR count). The Morgan fingerprint density at radius 3 is 3.00 bits per heavy atom. The van der Waals surface area contributed by atoms with E-state index in [1.54, 1.807) is 6.07 Å². The second-order valence-electron chi connectivity index (χ2n) is 6.08. The van der Waals surface area contributed by atoms with Crippen LogP contribution in [0.15, 0.2) is 42.5 Å². The Morgan fingerprint density at radius 1 is 1.35 bits per heavy atom. The van der Waals surface area contributed by atoms with E-state index in [-0.39, 0.29) is 12.7 Å². The summed E-state index contributed by atoms with van der Waals surface area (Å²) < 4.78 is 11.3. The van der Waals surface area contributed by atoms with E-state index >= 15 is 0 Å². The van der Waals surface area contributed by atoms with Crippen molar-refractivity contribution >= 4 is 11.8 Å². The third-order valence-corrected chi connectivity index (χ3v) is 4.22. The van der Waals surface area contributed by atoms with Crippen LogP contribution in [0, 0.1) is 0 Å². The molecule has 1 aromatic heterocycles. The number of aromatic nitrogens is 1. The maximum absolute atomic E-state index is 10.8. The maximum atomic E-state index is 10.8. The molecule has 0 bridgehead atoms. The number of aliphatic carboxylic acids is 1. The Hall–Kier alpha value is -2.64. The Labute approximate surface area is 152 Å². The molecule has 0 spiro atoms. The maximum Gasteiger partial charge on any atom is 0.341 e. The molecule has 0 amide bonds. The molecular weight excluding hydrogens is 334 g/mol. The minimum atomic E-state index is -0.985. The Balaban J connectivity index is 1.68. The van der Waals surface area contributed by atoms with E-state index in [2.05, 4.69) is 15.2 Å². The van der Waals surface area contributed by atoms with Gasteiger partial charge in [0.1, 0.15) is 17.7 Å². The van der Waals surface area contributed by atoms with E-state index in [1.165, 1.54) is 0 Å². The van der Waals surface area contributed by atoms with Crippen LogP contribution in [0.1, 0.15) is 17.4 Å². The highest BCUT2D eigenvalue weighted by Gasteiger charge is 2.24. The summed E-state index contributed by atoms with van der Waals surface area (Å²) in [6, 6.07) is 13.4. The van der Waals surface area contributed by atoms with Gasteiger partial charge in [0.25, 0.3) is 0 Å². The lowest BCUT2D eigenvalue weighted by Crippen LogP contribution is -2.38. The van der Waals surface area contributed by atoms with Gasteiger partial charge in [-0.2, -0.15) is 0 Å². The fourth-order valence-electron chi connectivity index (χ4n) is 2.95. The van der Waals surface area contributed by atoms with Crippen molar-refractivity contribution in [2.24, 2.45) is 0 Å². The number of hydrogen-bond acceptors (Lipinski definition) is 6. The smallest absolute Gasteiger partial charge is 0.341 e. The van der Waals surface area contributed by atoms with Crippen LogP contribution in [0.25, 0.3) is 0 Å². The number of nitrogens with one attached hydrogen (secondary N) is 1. The molecule has 1 aromatic carbocycles. The quantitative estimate of drug-likeness (QED) is 0.785. The fourth-order valence-corrected chi connectivity index (χ4v) is 2.95. The number of pyridine rings is 1. The lowest BCUT2D eigenvalue weighted by atomic mass is 10.1. The van der Waals surface area contributed by atoms with Crippen LogP contribution in [0.4, 0.5) is 5.82 Å². The summed E-state index contributed by atoms with van der Waals surface area (Å²) in [4.78, 5) is 17.6. The summed E-state index contributed by atoms with van der Waals surface area (Å²) in [6.07, 6.45) is -0.0934. The van der Waals surface area contributed by atoms with E-state index < -0.39 is 5.97 Å². The number of benzene rings is 1. The van der Waals surface area contributed by atoms with Crippen LogP contribution in [0.2, 0.25) is 0 Å². The first-order valence-corrected chi connectivity index (χ1v) is 8.57. The van der Waals surface area contributed by atoms with E-state index in [0.717, 1.165) is 23.6 Å². The number of carboxylic acids is 1. The summed E-state index contributed by atoms with van der Waals surface area (Å²) in [6.45, 7) is 2.46. The summed E-state index contributed by atoms with van der Waals surface area (Å²) in [5.74, 6) is 0.436. The molecule has 1 saturated heterocycles. The van der Waals surface area contributed by atoms with Gasteiger partial charge in [0.15, 0.2) is 6.61 Å². The molecule has 1 atom stereocenters. The van der Waals surface area contributed by atoms with Gasteiger partial charge in [-0.3, -0.25) is 4.90 Å². The number of nitrogens with zero attached hydrogens (tertiary/aromatic N) is 2. The lowest BCUT2D eigenvalue weighted by molar-refractivity contribution is -0.139. The van der Waals surface area contributed by atoms with Gasteiger partial charge in [0.05, 0.1) is 12.3 Å². The highest BCUT2D eigenvalue weighted by Crippen LogP contribution is 2.25. The molecule has 0 radical (unpaired) electrons. The SMILES string of the molecule is CNc1cccc([C@H]2CN(Cc3ccccc3OCC(=O)O)CCO2)n1. The minimum absolute atomic E-state index is 0.0934. The van der Waals surface area contributed by atoms with E-state index in [9.17, 15) is 4.79 Å². The topological polar surface area (TPSA) is 83.9 Å². The normalized spacial score (nSPS) is 17.7. The molecule has 2 N–H and O–H groups in total. The van der Waals surface area contributed by atoms with Gasteiger partial charge in [0.2, 0.25) is 0 Å². The number of hydrogen-bond donors (Lipinski definition) is 2. The fraction of sp³-hybridized carbons (Fsp3) is 0.368. The zero-order chi connectivity index (χ0) is 18.4. The molecule has 0 unspecified atom stereocenters. The molecular formula is C19H23N3O4. The zero-order valence-corrected chi connectivity index (χ0v) is 14.7. The molecule has 1 aliphatic rings. The molecule has 1 fully saturated rings. The number of carbonyl (C=O) groups is 1. The van der Waals surface area contributed by atoms with Crippen molar-refractivity contribution in [2.45, 2.75) is 12.6 Å². The summed E-state index contributed by atoms with van der Waals surface area (Å²) in [5, 5.41) is 11.9. The minimum Gasteiger partial charge on any atom is -0.482 e. The number of anilines is 1. The first kappa shape index (κ1) is 18.2. The Morgan fingerprint density at radius 2 is 2.19 bits per heavy atom. The van der Waals surface area contributed by atoms with Gasteiger partial charge >= 0.3 is 5.97 Å². The van der Waals surface area contributed by atoms with Crippen molar-refractivity contribution in [3.8, 4) is 5.75 Å². The second-order valence-corrected chi connectivity index (χ2v) is 6.08. The number of ether oxygens (including phenoxy) is 2. The third-order valence-electron chi connectivity index (χ3n) is 4.22. The van der Waals surface area contributed by atoms with Crippen molar-refractivity contribution in [1.82, 2.24) is 9.88 Å². The molecule has 26 heavy (non-hydrogen) atoms.